The Labute approximate surface area is 128 Å². The summed E-state index contributed by atoms with van der Waals surface area (Å²) in [6.07, 6.45) is 1.53. The van der Waals surface area contributed by atoms with Crippen molar-refractivity contribution in [3.05, 3.63) is 53.5 Å². The average molecular weight is 302 g/mol. The van der Waals surface area contributed by atoms with Crippen LogP contribution >= 0.6 is 0 Å². The number of carbonyl (C=O) groups is 2. The van der Waals surface area contributed by atoms with Crippen molar-refractivity contribution in [3.63, 3.8) is 0 Å². The van der Waals surface area contributed by atoms with E-state index in [1.807, 2.05) is 0 Å². The average Bonchev–Trinajstić information content (AvgIpc) is 3.00. The summed E-state index contributed by atoms with van der Waals surface area (Å²) in [4.78, 5) is 24.1. The normalized spacial score (nSPS) is 11.7. The molecule has 0 saturated heterocycles. The quantitative estimate of drug-likeness (QED) is 0.784. The zero-order chi connectivity index (χ0) is 16.1. The number of benzene rings is 1. The first kappa shape index (κ1) is 15.6. The number of hydrogen-bond donors (Lipinski definition) is 3. The van der Waals surface area contributed by atoms with Crippen molar-refractivity contribution in [1.29, 1.82) is 0 Å². The summed E-state index contributed by atoms with van der Waals surface area (Å²) in [5.41, 5.74) is 0.814. The van der Waals surface area contributed by atoms with Crippen molar-refractivity contribution in [2.24, 2.45) is 0 Å². The number of phenols is 1. The molecule has 6 nitrogen and oxygen atoms in total. The standard InChI is InChI=1S/C16H18N2O4/c1-10-13(6-3-7-14(10)19)16(21)18-11(2)15(20)17-9-12-5-4-8-22-12/h3-8,11,19H,9H2,1-2H3,(H,17,20)(H,18,21)/t11-/m0/s1. The fourth-order valence-electron chi connectivity index (χ4n) is 1.95. The highest BCUT2D eigenvalue weighted by Gasteiger charge is 2.18. The van der Waals surface area contributed by atoms with Crippen LogP contribution in [0, 0.1) is 6.92 Å². The molecule has 1 aromatic heterocycles. The van der Waals surface area contributed by atoms with Gasteiger partial charge in [0.1, 0.15) is 17.6 Å². The Morgan fingerprint density at radius 3 is 2.73 bits per heavy atom. The molecule has 0 bridgehead atoms. The number of nitrogens with one attached hydrogen (secondary N) is 2. The van der Waals surface area contributed by atoms with Crippen LogP contribution in [-0.4, -0.2) is 23.0 Å². The van der Waals surface area contributed by atoms with E-state index in [9.17, 15) is 14.7 Å². The molecule has 1 heterocycles. The van der Waals surface area contributed by atoms with Crippen molar-refractivity contribution >= 4 is 11.8 Å². The van der Waals surface area contributed by atoms with E-state index in [0.717, 1.165) is 0 Å². The third-order valence-electron chi connectivity index (χ3n) is 3.31. The molecule has 0 fully saturated rings. The molecule has 1 atom stereocenters. The minimum Gasteiger partial charge on any atom is -0.508 e. The van der Waals surface area contributed by atoms with Gasteiger partial charge in [-0.25, -0.2) is 0 Å². The molecule has 6 heteroatoms. The SMILES string of the molecule is Cc1c(O)cccc1C(=O)N[C@@H](C)C(=O)NCc1ccco1. The minimum absolute atomic E-state index is 0.0440. The first-order valence-electron chi connectivity index (χ1n) is 6.88. The summed E-state index contributed by atoms with van der Waals surface area (Å²) in [5, 5.41) is 14.9. The van der Waals surface area contributed by atoms with Crippen molar-refractivity contribution in [3.8, 4) is 5.75 Å². The molecular formula is C16H18N2O4. The maximum Gasteiger partial charge on any atom is 0.252 e. The van der Waals surface area contributed by atoms with Crippen LogP contribution in [0.3, 0.4) is 0 Å². The zero-order valence-electron chi connectivity index (χ0n) is 12.4. The highest BCUT2D eigenvalue weighted by molar-refractivity contribution is 5.98. The Balaban J connectivity index is 1.93. The lowest BCUT2D eigenvalue weighted by Gasteiger charge is -2.15. The van der Waals surface area contributed by atoms with E-state index in [1.54, 1.807) is 38.1 Å². The maximum atomic E-state index is 12.1. The number of furan rings is 1. The molecule has 116 valence electrons. The van der Waals surface area contributed by atoms with Crippen LogP contribution in [0.2, 0.25) is 0 Å². The highest BCUT2D eigenvalue weighted by atomic mass is 16.3. The molecule has 2 rings (SSSR count). The summed E-state index contributed by atoms with van der Waals surface area (Å²) in [7, 11) is 0. The largest absolute Gasteiger partial charge is 0.508 e. The summed E-state index contributed by atoms with van der Waals surface area (Å²) in [5.74, 6) is -0.0464. The maximum absolute atomic E-state index is 12.1. The topological polar surface area (TPSA) is 91.6 Å². The highest BCUT2D eigenvalue weighted by Crippen LogP contribution is 2.19. The molecule has 0 saturated carbocycles. The third-order valence-corrected chi connectivity index (χ3v) is 3.31. The molecule has 0 unspecified atom stereocenters. The van der Waals surface area contributed by atoms with Crippen LogP contribution in [0.15, 0.2) is 41.0 Å². The number of aromatic hydroxyl groups is 1. The fourth-order valence-corrected chi connectivity index (χ4v) is 1.95. The van der Waals surface area contributed by atoms with Gasteiger partial charge in [0.2, 0.25) is 5.91 Å². The Morgan fingerprint density at radius 2 is 2.05 bits per heavy atom. The predicted octanol–water partition coefficient (Wildman–Crippen LogP) is 1.73. The number of hydrogen-bond acceptors (Lipinski definition) is 4. The summed E-state index contributed by atoms with van der Waals surface area (Å²) >= 11 is 0. The van der Waals surface area contributed by atoms with E-state index in [4.69, 9.17) is 4.42 Å². The van der Waals surface area contributed by atoms with Crippen LogP contribution in [0.5, 0.6) is 5.75 Å². The second kappa shape index (κ2) is 6.80. The van der Waals surface area contributed by atoms with Gasteiger partial charge in [0.05, 0.1) is 12.8 Å². The van der Waals surface area contributed by atoms with E-state index in [1.165, 1.54) is 12.3 Å². The molecule has 22 heavy (non-hydrogen) atoms. The second-order valence-corrected chi connectivity index (χ2v) is 4.94. The van der Waals surface area contributed by atoms with E-state index in [0.29, 0.717) is 16.9 Å². The molecule has 0 spiro atoms. The van der Waals surface area contributed by atoms with Crippen molar-refractivity contribution in [1.82, 2.24) is 10.6 Å². The van der Waals surface area contributed by atoms with Gasteiger partial charge in [0.25, 0.3) is 5.91 Å². The lowest BCUT2D eigenvalue weighted by molar-refractivity contribution is -0.122. The van der Waals surface area contributed by atoms with Gasteiger partial charge >= 0.3 is 0 Å². The monoisotopic (exact) mass is 302 g/mol. The van der Waals surface area contributed by atoms with Gasteiger partial charge in [0, 0.05) is 11.1 Å². The predicted molar refractivity (Wildman–Crippen MR) is 80.3 cm³/mol. The van der Waals surface area contributed by atoms with E-state index < -0.39 is 11.9 Å². The number of carbonyl (C=O) groups excluding carboxylic acids is 2. The molecule has 3 N–H and O–H groups in total. The van der Waals surface area contributed by atoms with E-state index in [-0.39, 0.29) is 18.2 Å². The van der Waals surface area contributed by atoms with Gasteiger partial charge in [-0.05, 0) is 38.1 Å². The van der Waals surface area contributed by atoms with E-state index in [2.05, 4.69) is 10.6 Å². The molecule has 0 radical (unpaired) electrons. The van der Waals surface area contributed by atoms with Gasteiger partial charge in [-0.15, -0.1) is 0 Å². The smallest absolute Gasteiger partial charge is 0.252 e. The van der Waals surface area contributed by atoms with Crippen molar-refractivity contribution in [2.45, 2.75) is 26.4 Å². The van der Waals surface area contributed by atoms with Crippen LogP contribution in [0.1, 0.15) is 28.6 Å². The molecule has 0 aliphatic rings. The van der Waals surface area contributed by atoms with Gasteiger partial charge < -0.3 is 20.2 Å². The number of phenolic OH excluding ortho intramolecular Hbond substituents is 1. The third kappa shape index (κ3) is 3.66. The summed E-state index contributed by atoms with van der Waals surface area (Å²) < 4.78 is 5.11. The van der Waals surface area contributed by atoms with Crippen LogP contribution in [0.4, 0.5) is 0 Å². The molecular weight excluding hydrogens is 284 g/mol. The summed E-state index contributed by atoms with van der Waals surface area (Å²) in [6, 6.07) is 7.46. The molecule has 2 aromatic rings. The Kier molecular flexibility index (Phi) is 4.83. The molecule has 2 amide bonds. The first-order valence-corrected chi connectivity index (χ1v) is 6.88. The van der Waals surface area contributed by atoms with Crippen molar-refractivity contribution in [2.75, 3.05) is 0 Å². The molecule has 1 aromatic carbocycles. The van der Waals surface area contributed by atoms with Gasteiger partial charge in [-0.1, -0.05) is 6.07 Å². The second-order valence-electron chi connectivity index (χ2n) is 4.94. The van der Waals surface area contributed by atoms with E-state index >= 15 is 0 Å². The minimum atomic E-state index is -0.704. The lowest BCUT2D eigenvalue weighted by atomic mass is 10.1. The molecule has 0 aliphatic heterocycles. The van der Waals surface area contributed by atoms with Crippen molar-refractivity contribution < 1.29 is 19.1 Å². The van der Waals surface area contributed by atoms with Gasteiger partial charge in [-0.2, -0.15) is 0 Å². The van der Waals surface area contributed by atoms with Crippen LogP contribution in [0.25, 0.3) is 0 Å². The van der Waals surface area contributed by atoms with Gasteiger partial charge in [-0.3, -0.25) is 9.59 Å². The first-order chi connectivity index (χ1) is 10.5. The molecule has 0 aliphatic carbocycles. The zero-order valence-corrected chi connectivity index (χ0v) is 12.4. The Bertz CT molecular complexity index is 665. The summed E-state index contributed by atoms with van der Waals surface area (Å²) in [6.45, 7) is 3.50. The number of amides is 2. The van der Waals surface area contributed by atoms with Crippen LogP contribution < -0.4 is 10.6 Å². The lowest BCUT2D eigenvalue weighted by Crippen LogP contribution is -2.44. The Morgan fingerprint density at radius 1 is 1.27 bits per heavy atom. The van der Waals surface area contributed by atoms with Crippen LogP contribution in [-0.2, 0) is 11.3 Å². The number of rotatable bonds is 5. The fraction of sp³-hybridized carbons (Fsp3) is 0.250. The Hall–Kier alpha value is -2.76. The van der Waals surface area contributed by atoms with Gasteiger partial charge in [0.15, 0.2) is 0 Å².